The van der Waals surface area contributed by atoms with Crippen LogP contribution in [0.4, 0.5) is 0 Å². The average molecular weight is 193 g/mol. The van der Waals surface area contributed by atoms with Gasteiger partial charge in [0, 0.05) is 0 Å². The SMILES string of the molecule is CCCCc1cnnnc1CCCC. The van der Waals surface area contributed by atoms with Crippen LogP contribution in [-0.4, -0.2) is 15.4 Å². The lowest BCUT2D eigenvalue weighted by atomic mass is 10.1. The van der Waals surface area contributed by atoms with Gasteiger partial charge in [0.05, 0.1) is 11.9 Å². The molecule has 0 unspecified atom stereocenters. The van der Waals surface area contributed by atoms with Gasteiger partial charge in [-0.2, -0.15) is 0 Å². The van der Waals surface area contributed by atoms with Crippen LogP contribution in [0.2, 0.25) is 0 Å². The summed E-state index contributed by atoms with van der Waals surface area (Å²) in [7, 11) is 0. The largest absolute Gasteiger partial charge is 0.138 e. The van der Waals surface area contributed by atoms with Gasteiger partial charge >= 0.3 is 0 Å². The van der Waals surface area contributed by atoms with Gasteiger partial charge in [-0.15, -0.1) is 10.2 Å². The molecule has 0 N–H and O–H groups in total. The molecule has 0 saturated heterocycles. The highest BCUT2D eigenvalue weighted by molar-refractivity contribution is 5.14. The van der Waals surface area contributed by atoms with Crippen molar-refractivity contribution in [2.24, 2.45) is 0 Å². The summed E-state index contributed by atoms with van der Waals surface area (Å²) in [5.74, 6) is 0. The standard InChI is InChI=1S/C11H19N3/c1-3-5-7-10-9-12-14-13-11(10)8-6-4-2/h9H,3-8H2,1-2H3. The van der Waals surface area contributed by atoms with Crippen LogP contribution in [0.25, 0.3) is 0 Å². The smallest absolute Gasteiger partial charge is 0.0696 e. The molecule has 3 nitrogen and oxygen atoms in total. The predicted octanol–water partition coefficient (Wildman–Crippen LogP) is 2.56. The van der Waals surface area contributed by atoms with Gasteiger partial charge in [-0.1, -0.05) is 26.7 Å². The molecule has 78 valence electrons. The first-order valence-electron chi connectivity index (χ1n) is 5.54. The molecule has 0 amide bonds. The van der Waals surface area contributed by atoms with Crippen molar-refractivity contribution in [1.82, 2.24) is 15.4 Å². The molecular formula is C11H19N3. The van der Waals surface area contributed by atoms with Crippen molar-refractivity contribution >= 4 is 0 Å². The van der Waals surface area contributed by atoms with Crippen molar-refractivity contribution in [1.29, 1.82) is 0 Å². The van der Waals surface area contributed by atoms with E-state index in [2.05, 4.69) is 29.3 Å². The first kappa shape index (κ1) is 11.1. The fourth-order valence-corrected chi connectivity index (χ4v) is 1.44. The minimum atomic E-state index is 1.05. The van der Waals surface area contributed by atoms with Crippen LogP contribution >= 0.6 is 0 Å². The van der Waals surface area contributed by atoms with Crippen LogP contribution in [-0.2, 0) is 12.8 Å². The van der Waals surface area contributed by atoms with Gasteiger partial charge in [0.1, 0.15) is 0 Å². The Kier molecular flexibility index (Phi) is 5.12. The highest BCUT2D eigenvalue weighted by atomic mass is 15.3. The molecule has 1 aromatic heterocycles. The summed E-state index contributed by atoms with van der Waals surface area (Å²) in [5, 5.41) is 11.7. The maximum atomic E-state index is 4.11. The van der Waals surface area contributed by atoms with Crippen LogP contribution in [0, 0.1) is 0 Å². The maximum Gasteiger partial charge on any atom is 0.0696 e. The number of rotatable bonds is 6. The molecule has 0 aromatic carbocycles. The van der Waals surface area contributed by atoms with E-state index in [0.29, 0.717) is 0 Å². The van der Waals surface area contributed by atoms with Gasteiger partial charge in [-0.25, -0.2) is 0 Å². The van der Waals surface area contributed by atoms with Crippen LogP contribution in [0.15, 0.2) is 6.20 Å². The van der Waals surface area contributed by atoms with Crippen LogP contribution < -0.4 is 0 Å². The van der Waals surface area contributed by atoms with E-state index in [1.807, 2.05) is 6.20 Å². The van der Waals surface area contributed by atoms with E-state index in [0.717, 1.165) is 18.5 Å². The van der Waals surface area contributed by atoms with Gasteiger partial charge in [-0.05, 0) is 36.5 Å². The molecule has 0 bridgehead atoms. The van der Waals surface area contributed by atoms with E-state index in [1.54, 1.807) is 0 Å². The summed E-state index contributed by atoms with van der Waals surface area (Å²) < 4.78 is 0. The molecule has 1 rings (SSSR count). The zero-order valence-electron chi connectivity index (χ0n) is 9.16. The van der Waals surface area contributed by atoms with Crippen molar-refractivity contribution in [2.45, 2.75) is 52.4 Å². The minimum Gasteiger partial charge on any atom is -0.138 e. The van der Waals surface area contributed by atoms with Gasteiger partial charge in [-0.3, -0.25) is 0 Å². The number of aromatic nitrogens is 3. The third-order valence-corrected chi connectivity index (χ3v) is 2.37. The first-order valence-corrected chi connectivity index (χ1v) is 5.54. The van der Waals surface area contributed by atoms with Crippen molar-refractivity contribution in [3.05, 3.63) is 17.5 Å². The van der Waals surface area contributed by atoms with E-state index in [1.165, 1.54) is 31.2 Å². The summed E-state index contributed by atoms with van der Waals surface area (Å²) in [4.78, 5) is 0. The first-order chi connectivity index (χ1) is 6.88. The number of aryl methyl sites for hydroxylation is 2. The van der Waals surface area contributed by atoms with E-state index >= 15 is 0 Å². The molecule has 0 radical (unpaired) electrons. The molecule has 0 spiro atoms. The normalized spacial score (nSPS) is 10.4. The topological polar surface area (TPSA) is 38.7 Å². The van der Waals surface area contributed by atoms with Crippen LogP contribution in [0.5, 0.6) is 0 Å². The lowest BCUT2D eigenvalue weighted by Crippen LogP contribution is -2.02. The second kappa shape index (κ2) is 6.46. The molecule has 0 aliphatic heterocycles. The predicted molar refractivity (Wildman–Crippen MR) is 57.1 cm³/mol. The van der Waals surface area contributed by atoms with Crippen LogP contribution in [0.1, 0.15) is 50.8 Å². The second-order valence-electron chi connectivity index (χ2n) is 3.61. The molecule has 1 heterocycles. The van der Waals surface area contributed by atoms with Crippen LogP contribution in [0.3, 0.4) is 0 Å². The second-order valence-corrected chi connectivity index (χ2v) is 3.61. The molecule has 14 heavy (non-hydrogen) atoms. The van der Waals surface area contributed by atoms with Crippen molar-refractivity contribution in [2.75, 3.05) is 0 Å². The Balaban J connectivity index is 2.60. The average Bonchev–Trinajstić information content (AvgIpc) is 2.24. The van der Waals surface area contributed by atoms with E-state index in [-0.39, 0.29) is 0 Å². The Morgan fingerprint density at radius 3 is 2.50 bits per heavy atom. The number of unbranched alkanes of at least 4 members (excludes halogenated alkanes) is 2. The fraction of sp³-hybridized carbons (Fsp3) is 0.727. The third kappa shape index (κ3) is 3.40. The zero-order valence-corrected chi connectivity index (χ0v) is 9.16. The summed E-state index contributed by atoms with van der Waals surface area (Å²) in [5.41, 5.74) is 2.44. The van der Waals surface area contributed by atoms with Gasteiger partial charge in [0.2, 0.25) is 0 Å². The Morgan fingerprint density at radius 2 is 1.79 bits per heavy atom. The maximum absolute atomic E-state index is 4.11. The molecule has 0 aliphatic rings. The summed E-state index contributed by atoms with van der Waals surface area (Å²) >= 11 is 0. The number of nitrogens with zero attached hydrogens (tertiary/aromatic N) is 3. The lowest BCUT2D eigenvalue weighted by molar-refractivity contribution is 0.698. The monoisotopic (exact) mass is 193 g/mol. The third-order valence-electron chi connectivity index (χ3n) is 2.37. The minimum absolute atomic E-state index is 1.05. The molecule has 0 saturated carbocycles. The molecule has 1 aromatic rings. The molecular weight excluding hydrogens is 174 g/mol. The Labute approximate surface area is 85.9 Å². The number of hydrogen-bond donors (Lipinski definition) is 0. The highest BCUT2D eigenvalue weighted by Crippen LogP contribution is 2.10. The number of hydrogen-bond acceptors (Lipinski definition) is 3. The van der Waals surface area contributed by atoms with E-state index < -0.39 is 0 Å². The van der Waals surface area contributed by atoms with E-state index in [4.69, 9.17) is 0 Å². The van der Waals surface area contributed by atoms with E-state index in [9.17, 15) is 0 Å². The zero-order chi connectivity index (χ0) is 10.2. The lowest BCUT2D eigenvalue weighted by Gasteiger charge is -2.04. The van der Waals surface area contributed by atoms with Crippen molar-refractivity contribution in [3.8, 4) is 0 Å². The van der Waals surface area contributed by atoms with Crippen molar-refractivity contribution < 1.29 is 0 Å². The highest BCUT2D eigenvalue weighted by Gasteiger charge is 2.03. The summed E-state index contributed by atoms with van der Waals surface area (Å²) in [6.45, 7) is 4.40. The van der Waals surface area contributed by atoms with Crippen molar-refractivity contribution in [3.63, 3.8) is 0 Å². The molecule has 0 atom stereocenters. The molecule has 0 fully saturated rings. The molecule has 0 aliphatic carbocycles. The summed E-state index contributed by atoms with van der Waals surface area (Å²) in [6.07, 6.45) is 8.84. The Morgan fingerprint density at radius 1 is 1.07 bits per heavy atom. The molecule has 3 heteroatoms. The summed E-state index contributed by atoms with van der Waals surface area (Å²) in [6, 6.07) is 0. The van der Waals surface area contributed by atoms with Gasteiger partial charge < -0.3 is 0 Å². The Hall–Kier alpha value is -0.990. The van der Waals surface area contributed by atoms with Gasteiger partial charge in [0.25, 0.3) is 0 Å². The Bertz CT molecular complexity index is 233. The fourth-order valence-electron chi connectivity index (χ4n) is 1.44. The quantitative estimate of drug-likeness (QED) is 0.697. The van der Waals surface area contributed by atoms with Gasteiger partial charge in [0.15, 0.2) is 0 Å².